The van der Waals surface area contributed by atoms with E-state index in [-0.39, 0.29) is 0 Å². The Morgan fingerprint density at radius 3 is 1.82 bits per heavy atom. The molecule has 0 fully saturated rings. The van der Waals surface area contributed by atoms with Gasteiger partial charge in [-0.25, -0.2) is 0 Å². The van der Waals surface area contributed by atoms with Crippen molar-refractivity contribution in [2.45, 2.75) is 84.6 Å². The van der Waals surface area contributed by atoms with Crippen molar-refractivity contribution in [3.8, 4) is 0 Å². The smallest absolute Gasteiger partial charge is 0.190 e. The van der Waals surface area contributed by atoms with E-state index in [1.807, 2.05) is 0 Å². The standard InChI is InChI=1S/C13H32O2Si2/c1-9-10-11-12-17(7,8)15-13(2,3)14-16(4,5)6/h9-12H2,1-8H3. The fourth-order valence-corrected chi connectivity index (χ4v) is 6.45. The van der Waals surface area contributed by atoms with Crippen LogP contribution in [0.3, 0.4) is 0 Å². The monoisotopic (exact) mass is 276 g/mol. The zero-order chi connectivity index (χ0) is 13.7. The Balaban J connectivity index is 4.27. The molecule has 0 aromatic carbocycles. The molecule has 0 atom stereocenters. The summed E-state index contributed by atoms with van der Waals surface area (Å²) in [6.45, 7) is 17.6. The predicted octanol–water partition coefficient (Wildman–Crippen LogP) is 4.99. The van der Waals surface area contributed by atoms with Crippen molar-refractivity contribution in [3.05, 3.63) is 0 Å². The van der Waals surface area contributed by atoms with Gasteiger partial charge >= 0.3 is 0 Å². The maximum Gasteiger partial charge on any atom is 0.190 e. The van der Waals surface area contributed by atoms with Crippen LogP contribution in [0, 0.1) is 0 Å². The lowest BCUT2D eigenvalue weighted by Crippen LogP contribution is -2.47. The SMILES string of the molecule is CCCCC[Si](C)(C)OC(C)(C)O[Si](C)(C)C. The van der Waals surface area contributed by atoms with Crippen molar-refractivity contribution in [2.24, 2.45) is 0 Å². The van der Waals surface area contributed by atoms with E-state index in [0.29, 0.717) is 0 Å². The lowest BCUT2D eigenvalue weighted by Gasteiger charge is -2.39. The van der Waals surface area contributed by atoms with Crippen molar-refractivity contribution < 1.29 is 8.85 Å². The predicted molar refractivity (Wildman–Crippen MR) is 81.4 cm³/mol. The Morgan fingerprint density at radius 2 is 1.41 bits per heavy atom. The van der Waals surface area contributed by atoms with E-state index in [1.54, 1.807) is 0 Å². The van der Waals surface area contributed by atoms with Gasteiger partial charge in [-0.1, -0.05) is 26.2 Å². The molecule has 0 aliphatic heterocycles. The molecule has 0 aliphatic rings. The Labute approximate surface area is 110 Å². The quantitative estimate of drug-likeness (QED) is 0.353. The van der Waals surface area contributed by atoms with Gasteiger partial charge in [0, 0.05) is 0 Å². The van der Waals surface area contributed by atoms with Gasteiger partial charge in [-0.05, 0) is 52.6 Å². The maximum atomic E-state index is 6.30. The average molecular weight is 277 g/mol. The van der Waals surface area contributed by atoms with Crippen LogP contribution in [0.2, 0.25) is 38.8 Å². The van der Waals surface area contributed by atoms with E-state index in [0.717, 1.165) is 0 Å². The van der Waals surface area contributed by atoms with E-state index < -0.39 is 22.4 Å². The molecule has 0 spiro atoms. The second kappa shape index (κ2) is 6.50. The van der Waals surface area contributed by atoms with Crippen molar-refractivity contribution in [1.29, 1.82) is 0 Å². The Morgan fingerprint density at radius 1 is 0.882 bits per heavy atom. The normalized spacial score (nSPS) is 14.1. The van der Waals surface area contributed by atoms with Crippen molar-refractivity contribution >= 4 is 16.6 Å². The number of rotatable bonds is 8. The average Bonchev–Trinajstić information content (AvgIpc) is 1.96. The summed E-state index contributed by atoms with van der Waals surface area (Å²) in [5.41, 5.74) is 0. The molecule has 0 unspecified atom stereocenters. The molecule has 0 amide bonds. The zero-order valence-electron chi connectivity index (χ0n) is 13.1. The summed E-state index contributed by atoms with van der Waals surface area (Å²) in [6.07, 6.45) is 3.88. The minimum Gasteiger partial charge on any atom is -0.392 e. The number of hydrogen-bond donors (Lipinski definition) is 0. The molecule has 0 aromatic rings. The van der Waals surface area contributed by atoms with E-state index >= 15 is 0 Å². The van der Waals surface area contributed by atoms with E-state index in [1.165, 1.54) is 25.3 Å². The van der Waals surface area contributed by atoms with Gasteiger partial charge in [0.25, 0.3) is 0 Å². The first-order valence-corrected chi connectivity index (χ1v) is 13.4. The van der Waals surface area contributed by atoms with Crippen LogP contribution in [0.1, 0.15) is 40.0 Å². The van der Waals surface area contributed by atoms with Crippen LogP contribution in [-0.4, -0.2) is 22.4 Å². The van der Waals surface area contributed by atoms with Crippen molar-refractivity contribution in [3.63, 3.8) is 0 Å². The van der Waals surface area contributed by atoms with E-state index in [9.17, 15) is 0 Å². The molecule has 2 nitrogen and oxygen atoms in total. The third kappa shape index (κ3) is 10.0. The number of hydrogen-bond acceptors (Lipinski definition) is 2. The van der Waals surface area contributed by atoms with Crippen molar-refractivity contribution in [1.82, 2.24) is 0 Å². The third-order valence-electron chi connectivity index (χ3n) is 2.46. The van der Waals surface area contributed by atoms with Crippen LogP contribution in [-0.2, 0) is 8.85 Å². The molecular formula is C13H32O2Si2. The van der Waals surface area contributed by atoms with Crippen LogP contribution in [0.15, 0.2) is 0 Å². The van der Waals surface area contributed by atoms with Crippen molar-refractivity contribution in [2.75, 3.05) is 0 Å². The molecule has 0 aromatic heterocycles. The van der Waals surface area contributed by atoms with Gasteiger partial charge in [-0.15, -0.1) is 0 Å². The highest BCUT2D eigenvalue weighted by atomic mass is 28.4. The van der Waals surface area contributed by atoms with Crippen LogP contribution in [0.25, 0.3) is 0 Å². The first-order chi connectivity index (χ1) is 7.47. The first kappa shape index (κ1) is 17.4. The third-order valence-corrected chi connectivity index (χ3v) is 6.16. The zero-order valence-corrected chi connectivity index (χ0v) is 15.1. The van der Waals surface area contributed by atoms with Crippen LogP contribution in [0.5, 0.6) is 0 Å². The molecule has 0 radical (unpaired) electrons. The van der Waals surface area contributed by atoms with Crippen LogP contribution < -0.4 is 0 Å². The molecular weight excluding hydrogens is 244 g/mol. The second-order valence-electron chi connectivity index (χ2n) is 6.93. The van der Waals surface area contributed by atoms with Gasteiger partial charge in [0.15, 0.2) is 16.6 Å². The van der Waals surface area contributed by atoms with Gasteiger partial charge in [0.2, 0.25) is 0 Å². The lowest BCUT2D eigenvalue weighted by molar-refractivity contribution is -0.0954. The highest BCUT2D eigenvalue weighted by Gasteiger charge is 2.34. The fraction of sp³-hybridized carbons (Fsp3) is 1.00. The van der Waals surface area contributed by atoms with E-state index in [2.05, 4.69) is 53.5 Å². The Bertz CT molecular complexity index is 220. The molecule has 0 N–H and O–H groups in total. The minimum absolute atomic E-state index is 0.410. The van der Waals surface area contributed by atoms with Crippen LogP contribution >= 0.6 is 0 Å². The summed E-state index contributed by atoms with van der Waals surface area (Å²) in [5.74, 6) is -0.410. The van der Waals surface area contributed by atoms with Crippen LogP contribution in [0.4, 0.5) is 0 Å². The molecule has 104 valence electrons. The molecule has 0 heterocycles. The Kier molecular flexibility index (Phi) is 6.64. The summed E-state index contributed by atoms with van der Waals surface area (Å²) >= 11 is 0. The lowest BCUT2D eigenvalue weighted by atomic mass is 10.3. The van der Waals surface area contributed by atoms with Gasteiger partial charge in [0.1, 0.15) is 5.79 Å². The summed E-state index contributed by atoms with van der Waals surface area (Å²) < 4.78 is 12.4. The minimum atomic E-state index is -1.58. The summed E-state index contributed by atoms with van der Waals surface area (Å²) in [6, 6.07) is 1.24. The van der Waals surface area contributed by atoms with Gasteiger partial charge in [0.05, 0.1) is 0 Å². The molecule has 17 heavy (non-hydrogen) atoms. The molecule has 4 heteroatoms. The Hall–Kier alpha value is 0.354. The van der Waals surface area contributed by atoms with E-state index in [4.69, 9.17) is 8.85 Å². The highest BCUT2D eigenvalue weighted by Crippen LogP contribution is 2.26. The summed E-state index contributed by atoms with van der Waals surface area (Å²) in [5, 5.41) is 0. The molecule has 0 rings (SSSR count). The molecule has 0 saturated heterocycles. The maximum absolute atomic E-state index is 6.30. The molecule has 0 aliphatic carbocycles. The van der Waals surface area contributed by atoms with Gasteiger partial charge in [-0.2, -0.15) is 0 Å². The molecule has 0 saturated carbocycles. The second-order valence-corrected chi connectivity index (χ2v) is 15.6. The summed E-state index contributed by atoms with van der Waals surface area (Å²) in [4.78, 5) is 0. The largest absolute Gasteiger partial charge is 0.392 e. The highest BCUT2D eigenvalue weighted by molar-refractivity contribution is 6.71. The van der Waals surface area contributed by atoms with Gasteiger partial charge in [-0.3, -0.25) is 0 Å². The number of unbranched alkanes of at least 4 members (excludes halogenated alkanes) is 2. The fourth-order valence-electron chi connectivity index (χ4n) is 2.28. The summed E-state index contributed by atoms with van der Waals surface area (Å²) in [7, 11) is -3.11. The first-order valence-electron chi connectivity index (χ1n) is 6.88. The molecule has 0 bridgehead atoms. The van der Waals surface area contributed by atoms with Gasteiger partial charge < -0.3 is 8.85 Å². The topological polar surface area (TPSA) is 18.5 Å².